The van der Waals surface area contributed by atoms with Crippen molar-refractivity contribution >= 4 is 23.6 Å². The molecule has 0 bridgehead atoms. The van der Waals surface area contributed by atoms with Gasteiger partial charge in [-0.2, -0.15) is 0 Å². The van der Waals surface area contributed by atoms with Crippen LogP contribution in [0, 0.1) is 0 Å². The molecular formula is C18H19NO2S. The molecule has 1 atom stereocenters. The molecular weight excluding hydrogens is 294 g/mol. The van der Waals surface area contributed by atoms with Gasteiger partial charge < -0.3 is 0 Å². The Morgan fingerprint density at radius 3 is 2.36 bits per heavy atom. The Kier molecular flexibility index (Phi) is 4.78. The van der Waals surface area contributed by atoms with E-state index in [0.29, 0.717) is 11.8 Å². The molecule has 2 amide bonds. The van der Waals surface area contributed by atoms with Crippen molar-refractivity contribution in [2.75, 3.05) is 6.54 Å². The number of thioether (sulfide) groups is 1. The second kappa shape index (κ2) is 6.97. The molecule has 1 aromatic carbocycles. The molecule has 1 aromatic rings. The summed E-state index contributed by atoms with van der Waals surface area (Å²) in [6.07, 6.45) is 9.12. The number of hydrogen-bond acceptors (Lipinski definition) is 3. The van der Waals surface area contributed by atoms with Gasteiger partial charge in [-0.15, -0.1) is 11.8 Å². The lowest BCUT2D eigenvalue weighted by Crippen LogP contribution is -2.32. The fraction of sp³-hybridized carbons (Fsp3) is 0.333. The van der Waals surface area contributed by atoms with Crippen molar-refractivity contribution < 1.29 is 9.59 Å². The highest BCUT2D eigenvalue weighted by Crippen LogP contribution is 2.35. The van der Waals surface area contributed by atoms with E-state index in [0.717, 1.165) is 12.8 Å². The van der Waals surface area contributed by atoms with E-state index < -0.39 is 0 Å². The zero-order valence-electron chi connectivity index (χ0n) is 12.4. The highest BCUT2D eigenvalue weighted by Gasteiger charge is 2.25. The van der Waals surface area contributed by atoms with Crippen LogP contribution in [0.1, 0.15) is 24.8 Å². The Labute approximate surface area is 135 Å². The van der Waals surface area contributed by atoms with Gasteiger partial charge in [-0.05, 0) is 36.2 Å². The predicted molar refractivity (Wildman–Crippen MR) is 89.3 cm³/mol. The van der Waals surface area contributed by atoms with Gasteiger partial charge in [0.1, 0.15) is 0 Å². The van der Waals surface area contributed by atoms with Crippen molar-refractivity contribution in [3.63, 3.8) is 0 Å². The first-order chi connectivity index (χ1) is 10.7. The van der Waals surface area contributed by atoms with Gasteiger partial charge in [0.2, 0.25) is 0 Å². The van der Waals surface area contributed by atoms with Crippen LogP contribution in [0.15, 0.2) is 53.5 Å². The summed E-state index contributed by atoms with van der Waals surface area (Å²) < 4.78 is 0. The van der Waals surface area contributed by atoms with E-state index in [1.165, 1.54) is 40.4 Å². The average Bonchev–Trinajstić information content (AvgIpc) is 2.80. The smallest absolute Gasteiger partial charge is 0.253 e. The van der Waals surface area contributed by atoms with E-state index in [-0.39, 0.29) is 11.8 Å². The summed E-state index contributed by atoms with van der Waals surface area (Å²) in [6, 6.07) is 10.4. The lowest BCUT2D eigenvalue weighted by molar-refractivity contribution is -0.136. The van der Waals surface area contributed by atoms with Gasteiger partial charge in [0.15, 0.2) is 0 Å². The third-order valence-electron chi connectivity index (χ3n) is 3.96. The maximum absolute atomic E-state index is 11.6. The summed E-state index contributed by atoms with van der Waals surface area (Å²) in [5.41, 5.74) is 1.30. The monoisotopic (exact) mass is 313 g/mol. The standard InChI is InChI=1S/C18H19NO2S/c20-17-9-10-18(21)19(17)12-11-16(22-15-7-4-8-15)13-14-5-2-1-3-6-14/h1-3,5-7,9-10,16H,4,8,11-13H2. The van der Waals surface area contributed by atoms with Crippen molar-refractivity contribution in [3.8, 4) is 0 Å². The lowest BCUT2D eigenvalue weighted by atomic mass is 10.1. The maximum Gasteiger partial charge on any atom is 0.253 e. The first-order valence-electron chi connectivity index (χ1n) is 7.65. The van der Waals surface area contributed by atoms with E-state index in [2.05, 4.69) is 30.3 Å². The minimum atomic E-state index is -0.184. The molecule has 3 nitrogen and oxygen atoms in total. The molecule has 1 aliphatic heterocycles. The Bertz CT molecular complexity index is 603. The summed E-state index contributed by atoms with van der Waals surface area (Å²) >= 11 is 1.90. The molecule has 0 N–H and O–H groups in total. The van der Waals surface area contributed by atoms with Crippen LogP contribution in [0.2, 0.25) is 0 Å². The molecule has 0 spiro atoms. The first-order valence-corrected chi connectivity index (χ1v) is 8.53. The first kappa shape index (κ1) is 15.1. The Hall–Kier alpha value is -1.81. The number of imide groups is 1. The summed E-state index contributed by atoms with van der Waals surface area (Å²) in [6.45, 7) is 0.502. The number of amides is 2. The SMILES string of the molecule is O=C1C=CC(=O)N1CCC(Cc1ccccc1)SC1=CCC1. The van der Waals surface area contributed by atoms with E-state index in [1.807, 2.05) is 17.8 Å². The molecule has 22 heavy (non-hydrogen) atoms. The van der Waals surface area contributed by atoms with Crippen molar-refractivity contribution in [2.24, 2.45) is 0 Å². The summed E-state index contributed by atoms with van der Waals surface area (Å²) in [7, 11) is 0. The summed E-state index contributed by atoms with van der Waals surface area (Å²) in [5, 5.41) is 0.398. The molecule has 1 unspecified atom stereocenters. The van der Waals surface area contributed by atoms with Crippen molar-refractivity contribution in [1.82, 2.24) is 4.90 Å². The number of allylic oxidation sites excluding steroid dienone is 2. The van der Waals surface area contributed by atoms with E-state index in [1.54, 1.807) is 0 Å². The quantitative estimate of drug-likeness (QED) is 0.725. The van der Waals surface area contributed by atoms with Crippen LogP contribution in [0.4, 0.5) is 0 Å². The number of hydrogen-bond donors (Lipinski definition) is 0. The molecule has 114 valence electrons. The van der Waals surface area contributed by atoms with Gasteiger partial charge in [0.05, 0.1) is 0 Å². The molecule has 3 rings (SSSR count). The van der Waals surface area contributed by atoms with Gasteiger partial charge in [-0.3, -0.25) is 14.5 Å². The molecule has 4 heteroatoms. The highest BCUT2D eigenvalue weighted by atomic mass is 32.2. The van der Waals surface area contributed by atoms with E-state index in [4.69, 9.17) is 0 Å². The summed E-state index contributed by atoms with van der Waals surface area (Å²) in [5.74, 6) is -0.368. The van der Waals surface area contributed by atoms with E-state index in [9.17, 15) is 9.59 Å². The fourth-order valence-corrected chi connectivity index (χ4v) is 3.96. The second-order valence-electron chi connectivity index (χ2n) is 5.59. The van der Waals surface area contributed by atoms with Crippen LogP contribution in [-0.4, -0.2) is 28.5 Å². The second-order valence-corrected chi connectivity index (χ2v) is 7.02. The Morgan fingerprint density at radius 1 is 1.09 bits per heavy atom. The number of carbonyl (C=O) groups excluding carboxylic acids is 2. The third-order valence-corrected chi connectivity index (χ3v) is 5.37. The number of carbonyl (C=O) groups is 2. The van der Waals surface area contributed by atoms with Gasteiger partial charge in [0, 0.05) is 23.9 Å². The van der Waals surface area contributed by atoms with Crippen molar-refractivity contribution in [2.45, 2.75) is 30.9 Å². The maximum atomic E-state index is 11.6. The molecule has 0 saturated heterocycles. The van der Waals surface area contributed by atoms with Gasteiger partial charge in [-0.1, -0.05) is 36.4 Å². The highest BCUT2D eigenvalue weighted by molar-refractivity contribution is 8.03. The van der Waals surface area contributed by atoms with Crippen LogP contribution in [-0.2, 0) is 16.0 Å². The van der Waals surface area contributed by atoms with Crippen LogP contribution in [0.5, 0.6) is 0 Å². The number of nitrogens with zero attached hydrogens (tertiary/aromatic N) is 1. The van der Waals surface area contributed by atoms with Crippen LogP contribution >= 0.6 is 11.8 Å². The van der Waals surface area contributed by atoms with Gasteiger partial charge >= 0.3 is 0 Å². The Balaban J connectivity index is 1.60. The predicted octanol–water partition coefficient (Wildman–Crippen LogP) is 3.32. The minimum absolute atomic E-state index is 0.184. The lowest BCUT2D eigenvalue weighted by Gasteiger charge is -2.23. The number of benzene rings is 1. The number of rotatable bonds is 7. The zero-order chi connectivity index (χ0) is 15.4. The molecule has 1 aliphatic carbocycles. The normalized spacial score (nSPS) is 18.4. The average molecular weight is 313 g/mol. The largest absolute Gasteiger partial charge is 0.275 e. The van der Waals surface area contributed by atoms with Crippen molar-refractivity contribution in [3.05, 3.63) is 59.0 Å². The molecule has 0 fully saturated rings. The third kappa shape index (κ3) is 3.69. The molecule has 1 heterocycles. The molecule has 0 radical (unpaired) electrons. The molecule has 2 aliphatic rings. The Morgan fingerprint density at radius 2 is 1.77 bits per heavy atom. The van der Waals surface area contributed by atoms with Crippen LogP contribution in [0.3, 0.4) is 0 Å². The topological polar surface area (TPSA) is 37.4 Å². The van der Waals surface area contributed by atoms with Crippen LogP contribution in [0.25, 0.3) is 0 Å². The van der Waals surface area contributed by atoms with Crippen molar-refractivity contribution in [1.29, 1.82) is 0 Å². The molecule has 0 aromatic heterocycles. The van der Waals surface area contributed by atoms with Crippen LogP contribution < -0.4 is 0 Å². The minimum Gasteiger partial charge on any atom is -0.275 e. The zero-order valence-corrected chi connectivity index (χ0v) is 13.2. The molecule has 0 saturated carbocycles. The summed E-state index contributed by atoms with van der Waals surface area (Å²) in [4.78, 5) is 26.1. The van der Waals surface area contributed by atoms with E-state index >= 15 is 0 Å². The van der Waals surface area contributed by atoms with Gasteiger partial charge in [-0.25, -0.2) is 0 Å². The fourth-order valence-electron chi connectivity index (χ4n) is 2.59. The van der Waals surface area contributed by atoms with Gasteiger partial charge in [0.25, 0.3) is 11.8 Å².